The van der Waals surface area contributed by atoms with Crippen LogP contribution in [0.25, 0.3) is 0 Å². The Morgan fingerprint density at radius 2 is 1.62 bits per heavy atom. The first-order valence-electron chi connectivity index (χ1n) is 13.0. The monoisotopic (exact) mass is 603 g/mol. The van der Waals surface area contributed by atoms with Crippen molar-refractivity contribution in [2.45, 2.75) is 58.5 Å². The Hall–Kier alpha value is -3.07. The first-order valence-corrected chi connectivity index (χ1v) is 15.2. The Labute approximate surface area is 247 Å². The molecule has 1 atom stereocenters. The summed E-state index contributed by atoms with van der Waals surface area (Å²) < 4.78 is 29.1. The minimum Gasteiger partial charge on any atom is -0.354 e. The zero-order valence-corrected chi connectivity index (χ0v) is 25.7. The average Bonchev–Trinajstić information content (AvgIpc) is 2.92. The molecule has 2 amide bonds. The summed E-state index contributed by atoms with van der Waals surface area (Å²) in [6, 6.07) is 15.9. The molecular weight excluding hydrogens is 569 g/mol. The van der Waals surface area contributed by atoms with Gasteiger partial charge in [0.25, 0.3) is 10.0 Å². The van der Waals surface area contributed by atoms with Crippen LogP contribution < -0.4 is 9.62 Å². The fraction of sp³-hybridized carbons (Fsp3) is 0.333. The SMILES string of the molecule is CCCNC(=O)[C@H](C)N(Cc1ccc(Cl)c(Cl)c1)C(=O)CN(c1cccc(C)c1C)S(=O)(=O)c1ccc(C)cc1. The normalized spacial score (nSPS) is 12.1. The molecular formula is C30H35Cl2N3O4S. The smallest absolute Gasteiger partial charge is 0.264 e. The molecule has 7 nitrogen and oxygen atoms in total. The molecule has 3 aromatic rings. The standard InChI is InChI=1S/C30H35Cl2N3O4S/c1-6-16-33-30(37)23(5)34(18-24-12-15-26(31)27(32)17-24)29(36)19-35(28-9-7-8-21(3)22(28)4)40(38,39)25-13-10-20(2)11-14-25/h7-15,17,23H,6,16,18-19H2,1-5H3,(H,33,37)/t23-/m0/s1. The van der Waals surface area contributed by atoms with Crippen LogP contribution in [0.3, 0.4) is 0 Å². The fourth-order valence-electron chi connectivity index (χ4n) is 4.17. The third-order valence-corrected chi connectivity index (χ3v) is 9.30. The van der Waals surface area contributed by atoms with Gasteiger partial charge in [-0.25, -0.2) is 8.42 Å². The highest BCUT2D eigenvalue weighted by atomic mass is 35.5. The Morgan fingerprint density at radius 3 is 2.25 bits per heavy atom. The van der Waals surface area contributed by atoms with Crippen LogP contribution in [0, 0.1) is 20.8 Å². The van der Waals surface area contributed by atoms with Crippen LogP contribution in [0.5, 0.6) is 0 Å². The van der Waals surface area contributed by atoms with Crippen LogP contribution in [-0.2, 0) is 26.2 Å². The predicted octanol–water partition coefficient (Wildman–Crippen LogP) is 6.06. The topological polar surface area (TPSA) is 86.8 Å². The molecule has 0 radical (unpaired) electrons. The van der Waals surface area contributed by atoms with Crippen molar-refractivity contribution in [1.29, 1.82) is 0 Å². The Bertz CT molecular complexity index is 1480. The highest BCUT2D eigenvalue weighted by Crippen LogP contribution is 2.30. The van der Waals surface area contributed by atoms with E-state index in [1.54, 1.807) is 49.4 Å². The van der Waals surface area contributed by atoms with Gasteiger partial charge >= 0.3 is 0 Å². The molecule has 10 heteroatoms. The van der Waals surface area contributed by atoms with Gasteiger partial charge in [-0.05, 0) is 81.1 Å². The molecule has 3 aromatic carbocycles. The molecule has 0 bridgehead atoms. The molecule has 0 saturated heterocycles. The number of nitrogens with zero attached hydrogens (tertiary/aromatic N) is 2. The number of carbonyl (C=O) groups excluding carboxylic acids is 2. The van der Waals surface area contributed by atoms with Crippen LogP contribution >= 0.6 is 23.2 Å². The summed E-state index contributed by atoms with van der Waals surface area (Å²) in [4.78, 5) is 28.4. The van der Waals surface area contributed by atoms with Crippen LogP contribution in [0.15, 0.2) is 65.6 Å². The Balaban J connectivity index is 2.07. The lowest BCUT2D eigenvalue weighted by Crippen LogP contribution is -2.51. The van der Waals surface area contributed by atoms with E-state index < -0.39 is 28.5 Å². The highest BCUT2D eigenvalue weighted by molar-refractivity contribution is 7.92. The van der Waals surface area contributed by atoms with E-state index in [2.05, 4.69) is 5.32 Å². The average molecular weight is 605 g/mol. The van der Waals surface area contributed by atoms with Gasteiger partial charge in [-0.2, -0.15) is 0 Å². The summed E-state index contributed by atoms with van der Waals surface area (Å²) in [7, 11) is -4.14. The summed E-state index contributed by atoms with van der Waals surface area (Å²) in [5.74, 6) is -0.878. The number of benzene rings is 3. The summed E-state index contributed by atoms with van der Waals surface area (Å²) >= 11 is 12.3. The molecule has 214 valence electrons. The van der Waals surface area contributed by atoms with E-state index in [0.717, 1.165) is 27.4 Å². The van der Waals surface area contributed by atoms with Gasteiger partial charge in [-0.15, -0.1) is 0 Å². The number of hydrogen-bond donors (Lipinski definition) is 1. The van der Waals surface area contributed by atoms with Crippen molar-refractivity contribution in [3.63, 3.8) is 0 Å². The number of rotatable bonds is 11. The van der Waals surface area contributed by atoms with E-state index in [9.17, 15) is 18.0 Å². The molecule has 40 heavy (non-hydrogen) atoms. The maximum Gasteiger partial charge on any atom is 0.264 e. The highest BCUT2D eigenvalue weighted by Gasteiger charge is 2.33. The molecule has 0 unspecified atom stereocenters. The summed E-state index contributed by atoms with van der Waals surface area (Å²) in [6.07, 6.45) is 0.731. The number of anilines is 1. The van der Waals surface area contributed by atoms with Crippen LogP contribution in [0.1, 0.15) is 42.5 Å². The number of amides is 2. The lowest BCUT2D eigenvalue weighted by Gasteiger charge is -2.32. The van der Waals surface area contributed by atoms with Crippen molar-refractivity contribution >= 4 is 50.7 Å². The van der Waals surface area contributed by atoms with Crippen molar-refractivity contribution in [2.24, 2.45) is 0 Å². The predicted molar refractivity (Wildman–Crippen MR) is 161 cm³/mol. The zero-order chi connectivity index (χ0) is 29.6. The molecule has 1 N–H and O–H groups in total. The van der Waals surface area contributed by atoms with Crippen molar-refractivity contribution in [2.75, 3.05) is 17.4 Å². The van der Waals surface area contributed by atoms with E-state index in [1.165, 1.54) is 17.0 Å². The maximum atomic E-state index is 14.0. The number of sulfonamides is 1. The number of hydrogen-bond acceptors (Lipinski definition) is 4. The second-order valence-electron chi connectivity index (χ2n) is 9.78. The van der Waals surface area contributed by atoms with Crippen molar-refractivity contribution in [3.05, 3.63) is 93.0 Å². The first-order chi connectivity index (χ1) is 18.9. The third kappa shape index (κ3) is 7.36. The van der Waals surface area contributed by atoms with Gasteiger partial charge in [-0.1, -0.05) is 66.0 Å². The first kappa shape index (κ1) is 31.5. The quantitative estimate of drug-likeness (QED) is 0.289. The van der Waals surface area contributed by atoms with Gasteiger partial charge in [0, 0.05) is 13.1 Å². The molecule has 0 aromatic heterocycles. The van der Waals surface area contributed by atoms with E-state index in [-0.39, 0.29) is 17.3 Å². The summed E-state index contributed by atoms with van der Waals surface area (Å²) in [5, 5.41) is 3.50. The fourth-order valence-corrected chi connectivity index (χ4v) is 5.96. The number of nitrogens with one attached hydrogen (secondary N) is 1. The summed E-state index contributed by atoms with van der Waals surface area (Å²) in [5.41, 5.74) is 3.57. The second kappa shape index (κ2) is 13.5. The molecule has 0 aliphatic carbocycles. The molecule has 0 fully saturated rings. The zero-order valence-electron chi connectivity index (χ0n) is 23.4. The Morgan fingerprint density at radius 1 is 0.950 bits per heavy atom. The number of aryl methyl sites for hydroxylation is 2. The van der Waals surface area contributed by atoms with Gasteiger partial charge in [0.15, 0.2) is 0 Å². The number of carbonyl (C=O) groups is 2. The van der Waals surface area contributed by atoms with E-state index >= 15 is 0 Å². The van der Waals surface area contributed by atoms with E-state index in [4.69, 9.17) is 23.2 Å². The molecule has 0 saturated carbocycles. The van der Waals surface area contributed by atoms with Crippen LogP contribution in [-0.4, -0.2) is 44.3 Å². The summed E-state index contributed by atoms with van der Waals surface area (Å²) in [6.45, 7) is 9.10. The largest absolute Gasteiger partial charge is 0.354 e. The van der Waals surface area contributed by atoms with Gasteiger partial charge in [0.1, 0.15) is 12.6 Å². The van der Waals surface area contributed by atoms with Crippen LogP contribution in [0.4, 0.5) is 5.69 Å². The van der Waals surface area contributed by atoms with Crippen LogP contribution in [0.2, 0.25) is 10.0 Å². The minimum atomic E-state index is -4.14. The molecule has 3 rings (SSSR count). The van der Waals surface area contributed by atoms with Gasteiger partial charge < -0.3 is 10.2 Å². The molecule has 0 heterocycles. The maximum absolute atomic E-state index is 14.0. The van der Waals surface area contributed by atoms with Gasteiger partial charge in [0.05, 0.1) is 20.6 Å². The van der Waals surface area contributed by atoms with Gasteiger partial charge in [-0.3, -0.25) is 13.9 Å². The molecule has 0 aliphatic rings. The lowest BCUT2D eigenvalue weighted by molar-refractivity contribution is -0.139. The third-order valence-electron chi connectivity index (χ3n) is 6.79. The Kier molecular flexibility index (Phi) is 10.6. The second-order valence-corrected chi connectivity index (χ2v) is 12.5. The molecule has 0 aliphatic heterocycles. The van der Waals surface area contributed by atoms with Crippen molar-refractivity contribution in [3.8, 4) is 0 Å². The minimum absolute atomic E-state index is 0.0294. The molecule has 0 spiro atoms. The van der Waals surface area contributed by atoms with E-state index in [1.807, 2.05) is 33.8 Å². The lowest BCUT2D eigenvalue weighted by atomic mass is 10.1. The van der Waals surface area contributed by atoms with Crippen molar-refractivity contribution < 1.29 is 18.0 Å². The van der Waals surface area contributed by atoms with E-state index in [0.29, 0.717) is 27.8 Å². The van der Waals surface area contributed by atoms with Gasteiger partial charge in [0.2, 0.25) is 11.8 Å². The number of halogens is 2. The van der Waals surface area contributed by atoms with Crippen molar-refractivity contribution in [1.82, 2.24) is 10.2 Å².